The topological polar surface area (TPSA) is 175 Å². The maximum Gasteiger partial charge on any atom is 0.404 e. The fraction of sp³-hybridized carbons (Fsp3) is 0.410. The molecule has 1 aliphatic carbocycles. The van der Waals surface area contributed by atoms with Crippen molar-refractivity contribution < 1.29 is 29.0 Å². The minimum absolute atomic E-state index is 0.156. The van der Waals surface area contributed by atoms with Crippen LogP contribution in [0.25, 0.3) is 22.0 Å². The number of hydrogen-bond donors (Lipinski definition) is 6. The van der Waals surface area contributed by atoms with E-state index in [1.807, 2.05) is 76.2 Å². The van der Waals surface area contributed by atoms with Crippen molar-refractivity contribution in [3.8, 4) is 11.1 Å². The summed E-state index contributed by atoms with van der Waals surface area (Å²) in [6, 6.07) is 18.1. The first-order valence-electron chi connectivity index (χ1n) is 17.5. The monoisotopic (exact) mass is 696 g/mol. The summed E-state index contributed by atoms with van der Waals surface area (Å²) in [5.74, 6) is -0.732. The number of amides is 4. The van der Waals surface area contributed by atoms with Crippen molar-refractivity contribution in [1.82, 2.24) is 26.1 Å². The van der Waals surface area contributed by atoms with E-state index < -0.39 is 12.1 Å². The Balaban J connectivity index is 1.25. The van der Waals surface area contributed by atoms with Crippen LogP contribution in [0, 0.1) is 18.8 Å². The summed E-state index contributed by atoms with van der Waals surface area (Å²) in [5, 5.41) is 28.1. The first kappa shape index (κ1) is 37.0. The van der Waals surface area contributed by atoms with Crippen molar-refractivity contribution in [2.24, 2.45) is 11.8 Å². The molecule has 0 aliphatic heterocycles. The van der Waals surface area contributed by atoms with Crippen molar-refractivity contribution in [2.75, 3.05) is 25.0 Å². The Kier molecular flexibility index (Phi) is 12.1. The Morgan fingerprint density at radius 1 is 0.961 bits per heavy atom. The number of aromatic nitrogens is 2. The lowest BCUT2D eigenvalue weighted by atomic mass is 9.81. The van der Waals surface area contributed by atoms with E-state index in [4.69, 9.17) is 9.84 Å². The first-order valence-corrected chi connectivity index (χ1v) is 17.5. The number of aromatic amines is 1. The van der Waals surface area contributed by atoms with Gasteiger partial charge in [0.05, 0.1) is 23.9 Å². The third-order valence-corrected chi connectivity index (χ3v) is 9.22. The van der Waals surface area contributed by atoms with Crippen molar-refractivity contribution in [3.63, 3.8) is 0 Å². The van der Waals surface area contributed by atoms with Gasteiger partial charge in [-0.15, -0.1) is 0 Å². The van der Waals surface area contributed by atoms with Gasteiger partial charge in [0.15, 0.2) is 0 Å². The highest BCUT2D eigenvalue weighted by atomic mass is 16.5. The minimum atomic E-state index is -1.05. The van der Waals surface area contributed by atoms with Crippen molar-refractivity contribution in [2.45, 2.75) is 71.4 Å². The minimum Gasteiger partial charge on any atom is -0.465 e. The summed E-state index contributed by atoms with van der Waals surface area (Å²) in [7, 11) is 0. The second-order valence-corrected chi connectivity index (χ2v) is 14.3. The molecule has 1 atom stereocenters. The van der Waals surface area contributed by atoms with Crippen LogP contribution < -0.4 is 21.3 Å². The third-order valence-electron chi connectivity index (χ3n) is 9.22. The van der Waals surface area contributed by atoms with E-state index in [1.165, 1.54) is 0 Å². The maximum atomic E-state index is 13.7. The van der Waals surface area contributed by atoms with E-state index in [0.717, 1.165) is 46.0 Å². The number of fused-ring (bicyclic) bond motifs is 1. The summed E-state index contributed by atoms with van der Waals surface area (Å²) >= 11 is 0. The molecule has 3 aromatic carbocycles. The van der Waals surface area contributed by atoms with Gasteiger partial charge in [0.1, 0.15) is 6.04 Å². The molecule has 0 spiro atoms. The number of carbonyl (C=O) groups excluding carboxylic acids is 3. The molecule has 51 heavy (non-hydrogen) atoms. The molecule has 1 aromatic heterocycles. The molecule has 0 bridgehead atoms. The molecule has 270 valence electrons. The predicted octanol–water partition coefficient (Wildman–Crippen LogP) is 5.82. The summed E-state index contributed by atoms with van der Waals surface area (Å²) in [4.78, 5) is 50.8. The number of aryl methyl sites for hydroxylation is 1. The lowest BCUT2D eigenvalue weighted by Gasteiger charge is -2.29. The highest BCUT2D eigenvalue weighted by molar-refractivity contribution is 5.99. The van der Waals surface area contributed by atoms with Crippen LogP contribution in [0.2, 0.25) is 0 Å². The number of carboxylic acid groups (broad SMARTS) is 1. The molecule has 0 unspecified atom stereocenters. The maximum absolute atomic E-state index is 13.7. The Morgan fingerprint density at radius 3 is 2.39 bits per heavy atom. The molecule has 0 radical (unpaired) electrons. The molecule has 4 aromatic rings. The van der Waals surface area contributed by atoms with Crippen LogP contribution in [0.4, 0.5) is 10.5 Å². The van der Waals surface area contributed by atoms with Gasteiger partial charge in [-0.3, -0.25) is 19.5 Å². The number of benzene rings is 3. The van der Waals surface area contributed by atoms with Gasteiger partial charge in [0.2, 0.25) is 11.8 Å². The number of rotatable bonds is 13. The van der Waals surface area contributed by atoms with Crippen molar-refractivity contribution in [1.29, 1.82) is 0 Å². The third kappa shape index (κ3) is 10.6. The van der Waals surface area contributed by atoms with E-state index in [9.17, 15) is 19.2 Å². The molecule has 1 heterocycles. The normalized spacial score (nSPS) is 16.6. The Labute approximate surface area is 298 Å². The molecule has 6 N–H and O–H groups in total. The number of carbonyl (C=O) groups is 4. The molecular formula is C39H48N6O6. The van der Waals surface area contributed by atoms with E-state index in [1.54, 1.807) is 18.3 Å². The lowest BCUT2D eigenvalue weighted by Crippen LogP contribution is -2.48. The van der Waals surface area contributed by atoms with Crippen LogP contribution in [0.15, 0.2) is 66.9 Å². The highest BCUT2D eigenvalue weighted by Crippen LogP contribution is 2.29. The SMILES string of the molecule is Cc1cc(C(=O)NCCOC(C)(C)C)ccc1-c1ccc(C[C@H](NC(=O)C2CCC(CNC(=O)O)CC2)C(=O)Nc2ccc3cn[nH]c3c2)cc1. The average molecular weight is 697 g/mol. The molecule has 0 saturated heterocycles. The summed E-state index contributed by atoms with van der Waals surface area (Å²) in [5.41, 5.74) is 5.46. The second kappa shape index (κ2) is 16.7. The average Bonchev–Trinajstić information content (AvgIpc) is 3.57. The van der Waals surface area contributed by atoms with Crippen LogP contribution in [-0.2, 0) is 20.7 Å². The molecule has 1 aliphatic rings. The smallest absolute Gasteiger partial charge is 0.404 e. The highest BCUT2D eigenvalue weighted by Gasteiger charge is 2.30. The Bertz CT molecular complexity index is 1840. The second-order valence-electron chi connectivity index (χ2n) is 14.3. The van der Waals surface area contributed by atoms with Gasteiger partial charge in [-0.1, -0.05) is 30.3 Å². The molecule has 1 saturated carbocycles. The predicted molar refractivity (Wildman–Crippen MR) is 196 cm³/mol. The zero-order chi connectivity index (χ0) is 36.5. The van der Waals surface area contributed by atoms with Gasteiger partial charge in [0, 0.05) is 42.1 Å². The van der Waals surface area contributed by atoms with Crippen LogP contribution in [0.1, 0.15) is 67.9 Å². The largest absolute Gasteiger partial charge is 0.465 e. The number of anilines is 1. The fourth-order valence-corrected chi connectivity index (χ4v) is 6.41. The van der Waals surface area contributed by atoms with E-state index in [-0.39, 0.29) is 41.6 Å². The summed E-state index contributed by atoms with van der Waals surface area (Å²) in [6.45, 7) is 9.12. The van der Waals surface area contributed by atoms with Gasteiger partial charge in [-0.2, -0.15) is 5.10 Å². The Morgan fingerprint density at radius 2 is 1.71 bits per heavy atom. The molecule has 1 fully saturated rings. The van der Waals surface area contributed by atoms with Crippen LogP contribution in [0.5, 0.6) is 0 Å². The lowest BCUT2D eigenvalue weighted by molar-refractivity contribution is -0.130. The summed E-state index contributed by atoms with van der Waals surface area (Å²) in [6.07, 6.45) is 3.66. The van der Waals surface area contributed by atoms with E-state index >= 15 is 0 Å². The van der Waals surface area contributed by atoms with Gasteiger partial charge < -0.3 is 31.1 Å². The molecule has 12 heteroatoms. The van der Waals surface area contributed by atoms with Gasteiger partial charge in [-0.25, -0.2) is 4.79 Å². The standard InChI is InChI=1S/C39H48N6O6/c1-24-19-29(35(46)40-17-18-51-39(2,3)4)14-16-32(24)27-9-5-25(6-10-27)20-34(37(48)43-31-15-13-30-23-42-45-33(30)21-31)44-36(47)28-11-7-26(8-12-28)22-41-38(49)50/h5-6,9-10,13-16,19,21,23,26,28,34,41H,7-8,11-12,17-18,20,22H2,1-4H3,(H,40,46)(H,42,45)(H,43,48)(H,44,47)(H,49,50)/t26?,28?,34-/m0/s1. The molecule has 4 amide bonds. The van der Waals surface area contributed by atoms with Crippen LogP contribution >= 0.6 is 0 Å². The quantitative estimate of drug-likeness (QED) is 0.0955. The number of H-pyrrole nitrogens is 1. The van der Waals surface area contributed by atoms with Gasteiger partial charge >= 0.3 is 6.09 Å². The number of hydrogen-bond acceptors (Lipinski definition) is 6. The molecular weight excluding hydrogens is 648 g/mol. The first-order chi connectivity index (χ1) is 24.3. The van der Waals surface area contributed by atoms with Crippen LogP contribution in [-0.4, -0.2) is 70.5 Å². The van der Waals surface area contributed by atoms with Crippen LogP contribution in [0.3, 0.4) is 0 Å². The zero-order valence-corrected chi connectivity index (χ0v) is 29.7. The van der Waals surface area contributed by atoms with Crippen molar-refractivity contribution in [3.05, 3.63) is 83.6 Å². The van der Waals surface area contributed by atoms with E-state index in [0.29, 0.717) is 43.8 Å². The van der Waals surface area contributed by atoms with Gasteiger partial charge in [-0.05, 0) is 112 Å². The molecule has 5 rings (SSSR count). The van der Waals surface area contributed by atoms with Crippen molar-refractivity contribution >= 4 is 40.4 Å². The summed E-state index contributed by atoms with van der Waals surface area (Å²) < 4.78 is 5.69. The zero-order valence-electron chi connectivity index (χ0n) is 29.7. The number of nitrogens with zero attached hydrogens (tertiary/aromatic N) is 1. The van der Waals surface area contributed by atoms with Gasteiger partial charge in [0.25, 0.3) is 5.91 Å². The Hall–Kier alpha value is -5.23. The number of ether oxygens (including phenoxy) is 1. The fourth-order valence-electron chi connectivity index (χ4n) is 6.41. The molecule has 12 nitrogen and oxygen atoms in total. The number of nitrogens with one attached hydrogen (secondary N) is 5. The van der Waals surface area contributed by atoms with E-state index in [2.05, 4.69) is 31.5 Å².